The van der Waals surface area contributed by atoms with E-state index in [0.717, 1.165) is 0 Å². The number of benzene rings is 1. The van der Waals surface area contributed by atoms with Crippen molar-refractivity contribution < 1.29 is 0 Å². The molecule has 0 fully saturated rings. The van der Waals surface area contributed by atoms with Crippen molar-refractivity contribution in [3.63, 3.8) is 0 Å². The van der Waals surface area contributed by atoms with Crippen molar-refractivity contribution in [2.45, 2.75) is 129 Å². The minimum Gasteiger partial charge on any atom is -0.143 e. The third-order valence-corrected chi connectivity index (χ3v) is 12.9. The van der Waals surface area contributed by atoms with Crippen molar-refractivity contribution >= 4 is 65.5 Å². The molecule has 0 aliphatic rings. The molecule has 0 bridgehead atoms. The van der Waals surface area contributed by atoms with Gasteiger partial charge in [0.2, 0.25) is 0 Å². The third-order valence-electron chi connectivity index (χ3n) is 8.69. The summed E-state index contributed by atoms with van der Waals surface area (Å²) < 4.78 is 2.93. The number of hydrogen-bond donors (Lipinski definition) is 0. The molecule has 0 radical (unpaired) electrons. The van der Waals surface area contributed by atoms with Crippen LogP contribution in [0.15, 0.2) is 47.2 Å². The van der Waals surface area contributed by atoms with Crippen LogP contribution in [0.2, 0.25) is 0 Å². The van der Waals surface area contributed by atoms with Gasteiger partial charge in [0.05, 0.1) is 0 Å². The molecular weight excluding hydrogens is 585 g/mol. The highest BCUT2D eigenvalue weighted by Crippen LogP contribution is 2.50. The molecule has 5 rings (SSSR count). The van der Waals surface area contributed by atoms with E-state index in [1.807, 2.05) is 45.3 Å². The van der Waals surface area contributed by atoms with Gasteiger partial charge in [-0.25, -0.2) is 0 Å². The average Bonchev–Trinajstić information content (AvgIpc) is 3.82. The standard InChI is InChI=1S/C38H50S4/c1-3-5-7-9-11-13-15-17-19-29-21-23-33(41-29)35-31-25-27-40-38(31)36(32-26-28-39-37(32)35)34-24-22-30(42-34)20-18-16-14-12-10-8-6-4-2/h21-28H,3-20H2,1-2H3. The van der Waals surface area contributed by atoms with Gasteiger partial charge in [0.25, 0.3) is 0 Å². The summed E-state index contributed by atoms with van der Waals surface area (Å²) >= 11 is 7.92. The highest BCUT2D eigenvalue weighted by molar-refractivity contribution is 7.22. The molecule has 0 aliphatic heterocycles. The van der Waals surface area contributed by atoms with E-state index >= 15 is 0 Å². The van der Waals surface area contributed by atoms with Crippen LogP contribution in [-0.4, -0.2) is 0 Å². The molecule has 0 atom stereocenters. The zero-order valence-corrected chi connectivity index (χ0v) is 29.2. The normalized spacial score (nSPS) is 11.9. The molecule has 4 heterocycles. The number of hydrogen-bond acceptors (Lipinski definition) is 4. The molecular formula is C38H50S4. The van der Waals surface area contributed by atoms with Gasteiger partial charge in [0.1, 0.15) is 0 Å². The quantitative estimate of drug-likeness (QED) is 0.0747. The number of rotatable bonds is 20. The van der Waals surface area contributed by atoms with Crippen molar-refractivity contribution in [3.05, 3.63) is 56.9 Å². The monoisotopic (exact) mass is 634 g/mol. The van der Waals surface area contributed by atoms with Crippen molar-refractivity contribution in [2.24, 2.45) is 0 Å². The lowest BCUT2D eigenvalue weighted by molar-refractivity contribution is 0.576. The van der Waals surface area contributed by atoms with Crippen molar-refractivity contribution in [2.75, 3.05) is 0 Å². The first kappa shape index (κ1) is 31.9. The van der Waals surface area contributed by atoms with Crippen LogP contribution < -0.4 is 0 Å². The largest absolute Gasteiger partial charge is 0.143 e. The molecule has 0 unspecified atom stereocenters. The maximum Gasteiger partial charge on any atom is 0.0442 e. The molecule has 42 heavy (non-hydrogen) atoms. The summed E-state index contributed by atoms with van der Waals surface area (Å²) in [7, 11) is 0. The van der Waals surface area contributed by atoms with Crippen LogP contribution in [0.25, 0.3) is 41.1 Å². The zero-order valence-electron chi connectivity index (χ0n) is 26.0. The molecule has 4 aromatic heterocycles. The van der Waals surface area contributed by atoms with Gasteiger partial charge in [-0.15, -0.1) is 45.3 Å². The Balaban J connectivity index is 1.25. The summed E-state index contributed by atoms with van der Waals surface area (Å²) in [6.45, 7) is 4.60. The number of unbranched alkanes of at least 4 members (excludes halogenated alkanes) is 14. The number of fused-ring (bicyclic) bond motifs is 2. The smallest absolute Gasteiger partial charge is 0.0442 e. The maximum absolute atomic E-state index is 2.41. The second-order valence-corrected chi connectivity index (χ2v) is 16.2. The molecule has 1 aromatic carbocycles. The van der Waals surface area contributed by atoms with E-state index in [-0.39, 0.29) is 0 Å². The van der Waals surface area contributed by atoms with Crippen LogP contribution in [0.5, 0.6) is 0 Å². The topological polar surface area (TPSA) is 0 Å². The van der Waals surface area contributed by atoms with Gasteiger partial charge in [-0.1, -0.05) is 104 Å². The van der Waals surface area contributed by atoms with E-state index in [1.54, 1.807) is 9.75 Å². The Morgan fingerprint density at radius 3 is 1.21 bits per heavy atom. The van der Waals surface area contributed by atoms with Gasteiger partial charge in [0.15, 0.2) is 0 Å². The van der Waals surface area contributed by atoms with Gasteiger partial charge >= 0.3 is 0 Å². The lowest BCUT2D eigenvalue weighted by atomic mass is 10.0. The highest BCUT2D eigenvalue weighted by atomic mass is 32.1. The fourth-order valence-electron chi connectivity index (χ4n) is 6.29. The Labute approximate surface area is 271 Å². The lowest BCUT2D eigenvalue weighted by Crippen LogP contribution is -1.83. The summed E-state index contributed by atoms with van der Waals surface area (Å²) in [4.78, 5) is 6.01. The fraction of sp³-hybridized carbons (Fsp3) is 0.526. The van der Waals surface area contributed by atoms with Gasteiger partial charge in [0, 0.05) is 50.8 Å². The molecule has 0 amide bonds. The van der Waals surface area contributed by atoms with Crippen molar-refractivity contribution in [1.29, 1.82) is 0 Å². The van der Waals surface area contributed by atoms with E-state index in [2.05, 4.69) is 61.0 Å². The van der Waals surface area contributed by atoms with Crippen LogP contribution in [-0.2, 0) is 12.8 Å². The van der Waals surface area contributed by atoms with E-state index in [4.69, 9.17) is 0 Å². The zero-order chi connectivity index (χ0) is 29.0. The lowest BCUT2D eigenvalue weighted by Gasteiger charge is -2.10. The molecule has 0 nitrogen and oxygen atoms in total. The first-order chi connectivity index (χ1) is 20.8. The Morgan fingerprint density at radius 1 is 0.429 bits per heavy atom. The summed E-state index contributed by atoms with van der Waals surface area (Å²) in [5.41, 5.74) is 2.95. The molecule has 4 heteroatoms. The van der Waals surface area contributed by atoms with Crippen LogP contribution in [0, 0.1) is 0 Å². The predicted octanol–water partition coefficient (Wildman–Crippen LogP) is 14.9. The average molecular weight is 635 g/mol. The molecule has 0 saturated carbocycles. The molecule has 0 saturated heterocycles. The maximum atomic E-state index is 2.41. The Bertz CT molecular complexity index is 1320. The van der Waals surface area contributed by atoms with E-state index in [9.17, 15) is 0 Å². The highest BCUT2D eigenvalue weighted by Gasteiger charge is 2.20. The van der Waals surface area contributed by atoms with Crippen LogP contribution in [0.1, 0.15) is 126 Å². The summed E-state index contributed by atoms with van der Waals surface area (Å²) in [5, 5.41) is 7.52. The SMILES string of the molecule is CCCCCCCCCCc1ccc(-c2c3ccsc3c(-c3ccc(CCCCCCCCCC)s3)c3ccsc23)s1. The Kier molecular flexibility index (Phi) is 13.0. The molecule has 0 spiro atoms. The van der Waals surface area contributed by atoms with Crippen LogP contribution in [0.4, 0.5) is 0 Å². The summed E-state index contributed by atoms with van der Waals surface area (Å²) in [6.07, 6.45) is 24.7. The fourth-order valence-corrected chi connectivity index (χ4v) is 10.6. The summed E-state index contributed by atoms with van der Waals surface area (Å²) in [6, 6.07) is 14.4. The number of aryl methyl sites for hydroxylation is 2. The van der Waals surface area contributed by atoms with E-state index in [0.29, 0.717) is 0 Å². The first-order valence-electron chi connectivity index (χ1n) is 16.9. The van der Waals surface area contributed by atoms with E-state index in [1.165, 1.54) is 157 Å². The Morgan fingerprint density at radius 2 is 0.810 bits per heavy atom. The van der Waals surface area contributed by atoms with E-state index < -0.39 is 0 Å². The van der Waals surface area contributed by atoms with Crippen LogP contribution >= 0.6 is 45.3 Å². The molecule has 226 valence electrons. The minimum atomic E-state index is 1.23. The number of thiophene rings is 4. The van der Waals surface area contributed by atoms with Crippen molar-refractivity contribution in [3.8, 4) is 20.9 Å². The molecule has 5 aromatic rings. The van der Waals surface area contributed by atoms with Gasteiger partial charge in [-0.3, -0.25) is 0 Å². The Hall–Kier alpha value is -1.46. The molecule has 0 N–H and O–H groups in total. The van der Waals surface area contributed by atoms with Gasteiger partial charge in [-0.05, 0) is 72.8 Å². The van der Waals surface area contributed by atoms with Gasteiger partial charge < -0.3 is 0 Å². The molecule has 0 aliphatic carbocycles. The second-order valence-electron chi connectivity index (χ2n) is 12.1. The first-order valence-corrected chi connectivity index (χ1v) is 20.3. The third kappa shape index (κ3) is 8.37. The van der Waals surface area contributed by atoms with Crippen LogP contribution in [0.3, 0.4) is 0 Å². The predicted molar refractivity (Wildman–Crippen MR) is 196 cm³/mol. The summed E-state index contributed by atoms with van der Waals surface area (Å²) in [5.74, 6) is 0. The minimum absolute atomic E-state index is 1.23. The second kappa shape index (κ2) is 17.1. The van der Waals surface area contributed by atoms with Crippen molar-refractivity contribution in [1.82, 2.24) is 0 Å². The van der Waals surface area contributed by atoms with Gasteiger partial charge in [-0.2, -0.15) is 0 Å².